The quantitative estimate of drug-likeness (QED) is 0.717. The molecule has 0 atom stereocenters. The van der Waals surface area contributed by atoms with Crippen LogP contribution in [0.5, 0.6) is 5.75 Å². The third kappa shape index (κ3) is 4.64. The Labute approximate surface area is 157 Å². The van der Waals surface area contributed by atoms with E-state index in [0.29, 0.717) is 23.7 Å². The van der Waals surface area contributed by atoms with E-state index in [9.17, 15) is 4.79 Å². The van der Waals surface area contributed by atoms with Crippen molar-refractivity contribution in [3.05, 3.63) is 82.1 Å². The summed E-state index contributed by atoms with van der Waals surface area (Å²) in [7, 11) is 1.86. The number of carbonyl (C=O) groups excluding carboxylic acids is 1. The van der Waals surface area contributed by atoms with Gasteiger partial charge in [-0.05, 0) is 55.0 Å². The Balaban J connectivity index is 1.59. The van der Waals surface area contributed by atoms with Crippen LogP contribution >= 0.6 is 11.6 Å². The highest BCUT2D eigenvalue weighted by molar-refractivity contribution is 6.30. The first-order chi connectivity index (χ1) is 12.5. The number of halogens is 1. The number of nitrogens with zero attached hydrogens (tertiary/aromatic N) is 2. The Morgan fingerprint density at radius 3 is 2.65 bits per heavy atom. The molecular weight excluding hydrogens is 350 g/mol. The lowest BCUT2D eigenvalue weighted by Gasteiger charge is -2.09. The molecule has 2 aromatic carbocycles. The maximum atomic E-state index is 12.4. The van der Waals surface area contributed by atoms with Gasteiger partial charge in [0.25, 0.3) is 5.91 Å². The maximum Gasteiger partial charge on any atom is 0.251 e. The topological polar surface area (TPSA) is 56.1 Å². The Kier molecular flexibility index (Phi) is 5.58. The number of hydrogen-bond donors (Lipinski definition) is 1. The summed E-state index contributed by atoms with van der Waals surface area (Å²) in [6.45, 7) is 2.74. The van der Waals surface area contributed by atoms with Gasteiger partial charge in [0.2, 0.25) is 0 Å². The molecule has 6 heteroatoms. The van der Waals surface area contributed by atoms with Crippen LogP contribution in [0.4, 0.5) is 0 Å². The Bertz CT molecular complexity index is 904. The fourth-order valence-corrected chi connectivity index (χ4v) is 2.73. The number of ether oxygens (including phenoxy) is 1. The Morgan fingerprint density at radius 2 is 1.96 bits per heavy atom. The van der Waals surface area contributed by atoms with Gasteiger partial charge >= 0.3 is 0 Å². The highest BCUT2D eigenvalue weighted by Gasteiger charge is 2.08. The van der Waals surface area contributed by atoms with Gasteiger partial charge < -0.3 is 10.1 Å². The van der Waals surface area contributed by atoms with Crippen molar-refractivity contribution in [2.45, 2.75) is 20.1 Å². The van der Waals surface area contributed by atoms with Crippen molar-refractivity contribution in [1.82, 2.24) is 15.1 Å². The van der Waals surface area contributed by atoms with E-state index in [1.54, 1.807) is 22.9 Å². The molecule has 0 unspecified atom stereocenters. The van der Waals surface area contributed by atoms with Crippen molar-refractivity contribution in [3.8, 4) is 5.75 Å². The number of nitrogens with one attached hydrogen (secondary N) is 1. The minimum Gasteiger partial charge on any atom is -0.489 e. The number of amides is 1. The van der Waals surface area contributed by atoms with Gasteiger partial charge in [0.15, 0.2) is 0 Å². The maximum absolute atomic E-state index is 12.4. The van der Waals surface area contributed by atoms with Crippen LogP contribution in [0.1, 0.15) is 27.3 Å². The molecule has 0 aliphatic heterocycles. The van der Waals surface area contributed by atoms with Crippen molar-refractivity contribution >= 4 is 17.5 Å². The molecule has 1 aromatic heterocycles. The summed E-state index contributed by atoms with van der Waals surface area (Å²) >= 11 is 5.86. The van der Waals surface area contributed by atoms with Gasteiger partial charge in [-0.1, -0.05) is 23.7 Å². The fourth-order valence-electron chi connectivity index (χ4n) is 2.60. The van der Waals surface area contributed by atoms with E-state index < -0.39 is 0 Å². The number of carbonyl (C=O) groups is 1. The van der Waals surface area contributed by atoms with E-state index >= 15 is 0 Å². The number of hydrogen-bond acceptors (Lipinski definition) is 3. The molecule has 0 fully saturated rings. The Morgan fingerprint density at radius 1 is 1.19 bits per heavy atom. The third-order valence-corrected chi connectivity index (χ3v) is 4.19. The summed E-state index contributed by atoms with van der Waals surface area (Å²) in [5.41, 5.74) is 3.40. The molecule has 5 nitrogen and oxygen atoms in total. The molecule has 1 N–H and O–H groups in total. The van der Waals surface area contributed by atoms with Gasteiger partial charge in [0.1, 0.15) is 12.4 Å². The lowest BCUT2D eigenvalue weighted by Crippen LogP contribution is -2.24. The van der Waals surface area contributed by atoms with Crippen LogP contribution in [0.25, 0.3) is 0 Å². The van der Waals surface area contributed by atoms with Crippen molar-refractivity contribution in [2.24, 2.45) is 7.05 Å². The second kappa shape index (κ2) is 8.06. The standard InChI is InChI=1S/C20H20ClN3O2/c1-14-10-18(24(2)23-14)12-22-20(25)16-5-3-4-15(11-16)13-26-19-8-6-17(21)7-9-19/h3-11H,12-13H2,1-2H3,(H,22,25). The van der Waals surface area contributed by atoms with Crippen LogP contribution in [-0.2, 0) is 20.2 Å². The zero-order valence-corrected chi connectivity index (χ0v) is 15.5. The summed E-state index contributed by atoms with van der Waals surface area (Å²) in [5.74, 6) is 0.605. The van der Waals surface area contributed by atoms with Crippen LogP contribution in [0.2, 0.25) is 5.02 Å². The fraction of sp³-hybridized carbons (Fsp3) is 0.200. The molecular formula is C20H20ClN3O2. The highest BCUT2D eigenvalue weighted by atomic mass is 35.5. The Hall–Kier alpha value is -2.79. The number of benzene rings is 2. The minimum absolute atomic E-state index is 0.128. The molecule has 26 heavy (non-hydrogen) atoms. The minimum atomic E-state index is -0.128. The van der Waals surface area contributed by atoms with Crippen LogP contribution < -0.4 is 10.1 Å². The van der Waals surface area contributed by atoms with Gasteiger partial charge in [-0.2, -0.15) is 5.10 Å². The summed E-state index contributed by atoms with van der Waals surface area (Å²) in [6.07, 6.45) is 0. The average molecular weight is 370 g/mol. The number of rotatable bonds is 6. The average Bonchev–Trinajstić information content (AvgIpc) is 2.96. The monoisotopic (exact) mass is 369 g/mol. The SMILES string of the molecule is Cc1cc(CNC(=O)c2cccc(COc3ccc(Cl)cc3)c2)n(C)n1. The predicted molar refractivity (Wildman–Crippen MR) is 101 cm³/mol. The van der Waals surface area contributed by atoms with Crippen LogP contribution in [0, 0.1) is 6.92 Å². The van der Waals surface area contributed by atoms with E-state index in [-0.39, 0.29) is 5.91 Å². The third-order valence-electron chi connectivity index (χ3n) is 3.94. The molecule has 0 radical (unpaired) electrons. The molecule has 3 aromatic rings. The summed E-state index contributed by atoms with van der Waals surface area (Å²) in [4.78, 5) is 12.4. The molecule has 0 aliphatic rings. The molecule has 134 valence electrons. The number of aryl methyl sites for hydroxylation is 2. The van der Waals surface area contributed by atoms with Gasteiger partial charge in [0, 0.05) is 17.6 Å². The van der Waals surface area contributed by atoms with E-state index in [4.69, 9.17) is 16.3 Å². The van der Waals surface area contributed by atoms with Gasteiger partial charge in [-0.3, -0.25) is 9.48 Å². The zero-order chi connectivity index (χ0) is 18.5. The van der Waals surface area contributed by atoms with Crippen molar-refractivity contribution in [1.29, 1.82) is 0 Å². The largest absolute Gasteiger partial charge is 0.489 e. The molecule has 0 spiro atoms. The first-order valence-corrected chi connectivity index (χ1v) is 8.64. The van der Waals surface area contributed by atoms with E-state index in [0.717, 1.165) is 22.7 Å². The van der Waals surface area contributed by atoms with Gasteiger partial charge in [-0.15, -0.1) is 0 Å². The van der Waals surface area contributed by atoms with E-state index in [2.05, 4.69) is 10.4 Å². The predicted octanol–water partition coefficient (Wildman–Crippen LogP) is 3.89. The second-order valence-corrected chi connectivity index (χ2v) is 6.46. The first-order valence-electron chi connectivity index (χ1n) is 8.26. The molecule has 0 bridgehead atoms. The zero-order valence-electron chi connectivity index (χ0n) is 14.7. The lowest BCUT2D eigenvalue weighted by molar-refractivity contribution is 0.0950. The van der Waals surface area contributed by atoms with Crippen molar-refractivity contribution in [2.75, 3.05) is 0 Å². The molecule has 0 saturated heterocycles. The smallest absolute Gasteiger partial charge is 0.251 e. The second-order valence-electron chi connectivity index (χ2n) is 6.03. The molecule has 3 rings (SSSR count). The molecule has 1 heterocycles. The summed E-state index contributed by atoms with van der Waals surface area (Å²) in [5, 5.41) is 7.86. The van der Waals surface area contributed by atoms with E-state index in [1.807, 2.05) is 50.4 Å². The molecule has 1 amide bonds. The molecule has 0 saturated carbocycles. The summed E-state index contributed by atoms with van der Waals surface area (Å²) in [6, 6.07) is 16.5. The summed E-state index contributed by atoms with van der Waals surface area (Å²) < 4.78 is 7.50. The normalized spacial score (nSPS) is 10.6. The number of aromatic nitrogens is 2. The molecule has 0 aliphatic carbocycles. The van der Waals surface area contributed by atoms with E-state index in [1.165, 1.54) is 0 Å². The lowest BCUT2D eigenvalue weighted by atomic mass is 10.1. The van der Waals surface area contributed by atoms with Gasteiger partial charge in [0.05, 0.1) is 17.9 Å². The van der Waals surface area contributed by atoms with Crippen LogP contribution in [-0.4, -0.2) is 15.7 Å². The van der Waals surface area contributed by atoms with Crippen molar-refractivity contribution < 1.29 is 9.53 Å². The highest BCUT2D eigenvalue weighted by Crippen LogP contribution is 2.17. The van der Waals surface area contributed by atoms with Crippen molar-refractivity contribution in [3.63, 3.8) is 0 Å². The van der Waals surface area contributed by atoms with Gasteiger partial charge in [-0.25, -0.2) is 0 Å². The van der Waals surface area contributed by atoms with Crippen LogP contribution in [0.15, 0.2) is 54.6 Å². The first kappa shape index (κ1) is 18.0. The van der Waals surface area contributed by atoms with Crippen LogP contribution in [0.3, 0.4) is 0 Å².